The highest BCUT2D eigenvalue weighted by Crippen LogP contribution is 2.20. The van der Waals surface area contributed by atoms with Gasteiger partial charge < -0.3 is 15.4 Å². The van der Waals surface area contributed by atoms with E-state index in [9.17, 15) is 4.79 Å². The molecule has 1 aliphatic rings. The number of rotatable bonds is 6. The van der Waals surface area contributed by atoms with E-state index in [4.69, 9.17) is 4.74 Å². The molecular formula is C16H24N2O2S. The van der Waals surface area contributed by atoms with Crippen molar-refractivity contribution in [3.8, 4) is 0 Å². The number of hydrogen-bond acceptors (Lipinski definition) is 3. The summed E-state index contributed by atoms with van der Waals surface area (Å²) in [6.45, 7) is 4.45. The molecule has 4 nitrogen and oxygen atoms in total. The van der Waals surface area contributed by atoms with Gasteiger partial charge in [-0.3, -0.25) is 0 Å². The zero-order valence-electron chi connectivity index (χ0n) is 12.6. The number of nitrogens with one attached hydrogen (secondary N) is 2. The third-order valence-electron chi connectivity index (χ3n) is 3.39. The fourth-order valence-corrected chi connectivity index (χ4v) is 3.00. The van der Waals surface area contributed by atoms with Gasteiger partial charge in [-0.15, -0.1) is 11.8 Å². The Bertz CT molecular complexity index is 430. The van der Waals surface area contributed by atoms with Crippen LogP contribution in [0.2, 0.25) is 0 Å². The number of hydrogen-bond donors (Lipinski definition) is 2. The molecule has 2 N–H and O–H groups in total. The van der Waals surface area contributed by atoms with E-state index in [-0.39, 0.29) is 6.03 Å². The van der Waals surface area contributed by atoms with Crippen LogP contribution in [0.1, 0.15) is 26.2 Å². The van der Waals surface area contributed by atoms with Gasteiger partial charge in [0.1, 0.15) is 0 Å². The molecule has 1 unspecified atom stereocenters. The maximum Gasteiger partial charge on any atom is 0.319 e. The third kappa shape index (κ3) is 5.98. The largest absolute Gasteiger partial charge is 0.381 e. The molecule has 0 spiro atoms. The number of anilines is 1. The fraction of sp³-hybridized carbons (Fsp3) is 0.562. The molecule has 2 rings (SSSR count). The van der Waals surface area contributed by atoms with Crippen molar-refractivity contribution >= 4 is 23.5 Å². The lowest BCUT2D eigenvalue weighted by Crippen LogP contribution is -2.35. The standard InChI is InChI=1S/C16H24N2O2S/c1-2-10-21-15-7-5-14(6-8-15)18-16(19)17-11-13-4-3-9-20-12-13/h5-8,13H,2-4,9-12H2,1H3,(H2,17,18,19). The lowest BCUT2D eigenvalue weighted by molar-refractivity contribution is 0.0559. The summed E-state index contributed by atoms with van der Waals surface area (Å²) >= 11 is 1.83. The SMILES string of the molecule is CCCSc1ccc(NC(=O)NCC2CCCOC2)cc1. The average Bonchev–Trinajstić information content (AvgIpc) is 2.53. The van der Waals surface area contributed by atoms with Gasteiger partial charge in [0, 0.05) is 23.7 Å². The van der Waals surface area contributed by atoms with Crippen molar-refractivity contribution in [2.24, 2.45) is 5.92 Å². The second kappa shape index (κ2) is 8.95. The average molecular weight is 308 g/mol. The van der Waals surface area contributed by atoms with Crippen molar-refractivity contribution < 1.29 is 9.53 Å². The van der Waals surface area contributed by atoms with Crippen molar-refractivity contribution in [3.63, 3.8) is 0 Å². The molecule has 5 heteroatoms. The number of ether oxygens (including phenoxy) is 1. The summed E-state index contributed by atoms with van der Waals surface area (Å²) in [7, 11) is 0. The molecule has 21 heavy (non-hydrogen) atoms. The van der Waals surface area contributed by atoms with Gasteiger partial charge in [-0.1, -0.05) is 6.92 Å². The van der Waals surface area contributed by atoms with E-state index in [1.165, 1.54) is 4.90 Å². The minimum Gasteiger partial charge on any atom is -0.381 e. The molecule has 0 radical (unpaired) electrons. The van der Waals surface area contributed by atoms with Gasteiger partial charge in [-0.2, -0.15) is 0 Å². The van der Waals surface area contributed by atoms with E-state index in [1.54, 1.807) is 0 Å². The van der Waals surface area contributed by atoms with Crippen molar-refractivity contribution in [3.05, 3.63) is 24.3 Å². The quantitative estimate of drug-likeness (QED) is 0.787. The first-order valence-electron chi connectivity index (χ1n) is 7.63. The second-order valence-corrected chi connectivity index (χ2v) is 6.46. The fourth-order valence-electron chi connectivity index (χ4n) is 2.24. The number of thioether (sulfide) groups is 1. The molecular weight excluding hydrogens is 284 g/mol. The number of urea groups is 1. The Morgan fingerprint density at radius 3 is 2.86 bits per heavy atom. The van der Waals surface area contributed by atoms with Gasteiger partial charge in [-0.25, -0.2) is 4.79 Å². The van der Waals surface area contributed by atoms with Crippen LogP contribution in [0.15, 0.2) is 29.2 Å². The molecule has 1 heterocycles. The highest BCUT2D eigenvalue weighted by atomic mass is 32.2. The minimum atomic E-state index is -0.144. The predicted octanol–water partition coefficient (Wildman–Crippen LogP) is 3.74. The van der Waals surface area contributed by atoms with E-state index in [0.717, 1.165) is 43.9 Å². The first-order chi connectivity index (χ1) is 10.3. The number of carbonyl (C=O) groups excluding carboxylic acids is 1. The Balaban J connectivity index is 1.71. The Hall–Kier alpha value is -1.20. The van der Waals surface area contributed by atoms with Gasteiger partial charge >= 0.3 is 6.03 Å². The zero-order chi connectivity index (χ0) is 14.9. The summed E-state index contributed by atoms with van der Waals surface area (Å²) in [5.41, 5.74) is 0.827. The molecule has 1 atom stereocenters. The molecule has 1 fully saturated rings. The minimum absolute atomic E-state index is 0.144. The van der Waals surface area contributed by atoms with Crippen molar-refractivity contribution in [1.29, 1.82) is 0 Å². The van der Waals surface area contributed by atoms with E-state index < -0.39 is 0 Å². The molecule has 2 amide bonds. The molecule has 1 aromatic carbocycles. The van der Waals surface area contributed by atoms with Gasteiger partial charge in [0.15, 0.2) is 0 Å². The highest BCUT2D eigenvalue weighted by molar-refractivity contribution is 7.99. The first-order valence-corrected chi connectivity index (χ1v) is 8.62. The molecule has 0 bridgehead atoms. The zero-order valence-corrected chi connectivity index (χ0v) is 13.4. The van der Waals surface area contributed by atoms with E-state index in [0.29, 0.717) is 12.5 Å². The van der Waals surface area contributed by atoms with Gasteiger partial charge in [0.25, 0.3) is 0 Å². The summed E-state index contributed by atoms with van der Waals surface area (Å²) < 4.78 is 5.40. The molecule has 1 saturated heterocycles. The molecule has 0 aliphatic carbocycles. The Morgan fingerprint density at radius 1 is 1.38 bits per heavy atom. The molecule has 0 aromatic heterocycles. The lowest BCUT2D eigenvalue weighted by atomic mass is 10.0. The van der Waals surface area contributed by atoms with Crippen LogP contribution in [-0.2, 0) is 4.74 Å². The second-order valence-electron chi connectivity index (χ2n) is 5.29. The van der Waals surface area contributed by atoms with Crippen LogP contribution >= 0.6 is 11.8 Å². The van der Waals surface area contributed by atoms with Gasteiger partial charge in [0.2, 0.25) is 0 Å². The predicted molar refractivity (Wildman–Crippen MR) is 88.0 cm³/mol. The van der Waals surface area contributed by atoms with Crippen molar-refractivity contribution in [2.45, 2.75) is 31.1 Å². The van der Waals surface area contributed by atoms with E-state index >= 15 is 0 Å². The number of benzene rings is 1. The van der Waals surface area contributed by atoms with Crippen LogP contribution in [0, 0.1) is 5.92 Å². The van der Waals surface area contributed by atoms with Crippen LogP contribution < -0.4 is 10.6 Å². The third-order valence-corrected chi connectivity index (χ3v) is 4.61. The van der Waals surface area contributed by atoms with Crippen molar-refractivity contribution in [2.75, 3.05) is 30.8 Å². The maximum absolute atomic E-state index is 11.8. The number of carbonyl (C=O) groups is 1. The first kappa shape index (κ1) is 16.2. The van der Waals surface area contributed by atoms with Crippen LogP contribution in [0.5, 0.6) is 0 Å². The molecule has 116 valence electrons. The monoisotopic (exact) mass is 308 g/mol. The Morgan fingerprint density at radius 2 is 2.19 bits per heavy atom. The van der Waals surface area contributed by atoms with Crippen LogP contribution in [0.25, 0.3) is 0 Å². The summed E-state index contributed by atoms with van der Waals surface area (Å²) in [6.07, 6.45) is 3.38. The number of amides is 2. The lowest BCUT2D eigenvalue weighted by Gasteiger charge is -2.22. The summed E-state index contributed by atoms with van der Waals surface area (Å²) in [4.78, 5) is 13.1. The van der Waals surface area contributed by atoms with Gasteiger partial charge in [-0.05, 0) is 55.2 Å². The summed E-state index contributed by atoms with van der Waals surface area (Å²) in [6, 6.07) is 7.84. The van der Waals surface area contributed by atoms with E-state index in [1.807, 2.05) is 36.0 Å². The molecule has 0 saturated carbocycles. The molecule has 1 aromatic rings. The van der Waals surface area contributed by atoms with Gasteiger partial charge in [0.05, 0.1) is 6.61 Å². The Labute approximate surface area is 131 Å². The smallest absolute Gasteiger partial charge is 0.319 e. The Kier molecular flexibility index (Phi) is 6.89. The summed E-state index contributed by atoms with van der Waals surface area (Å²) in [5, 5.41) is 5.78. The van der Waals surface area contributed by atoms with E-state index in [2.05, 4.69) is 17.6 Å². The maximum atomic E-state index is 11.8. The summed E-state index contributed by atoms with van der Waals surface area (Å²) in [5.74, 6) is 1.56. The normalized spacial score (nSPS) is 18.2. The van der Waals surface area contributed by atoms with Crippen LogP contribution in [0.4, 0.5) is 10.5 Å². The highest BCUT2D eigenvalue weighted by Gasteiger charge is 2.14. The molecule has 1 aliphatic heterocycles. The van der Waals surface area contributed by atoms with Crippen LogP contribution in [-0.4, -0.2) is 31.5 Å². The van der Waals surface area contributed by atoms with Crippen molar-refractivity contribution in [1.82, 2.24) is 5.32 Å². The van der Waals surface area contributed by atoms with Crippen LogP contribution in [0.3, 0.4) is 0 Å². The topological polar surface area (TPSA) is 50.4 Å².